The van der Waals surface area contributed by atoms with E-state index in [2.05, 4.69) is 38.1 Å². The molecule has 3 rings (SSSR count). The zero-order chi connectivity index (χ0) is 11.1. The highest BCUT2D eigenvalue weighted by atomic mass is 16.5. The Hall–Kier alpha value is -1.76. The summed E-state index contributed by atoms with van der Waals surface area (Å²) in [5.41, 5.74) is 5.27. The lowest BCUT2D eigenvalue weighted by Crippen LogP contribution is -2.06. The van der Waals surface area contributed by atoms with E-state index in [0.29, 0.717) is 0 Å². The van der Waals surface area contributed by atoms with E-state index in [1.165, 1.54) is 22.3 Å². The maximum atomic E-state index is 5.94. The summed E-state index contributed by atoms with van der Waals surface area (Å²) in [5.74, 6) is 2.02. The molecule has 0 radical (unpaired) electrons. The van der Waals surface area contributed by atoms with E-state index >= 15 is 0 Å². The average Bonchev–Trinajstić information content (AvgIpc) is 2.28. The summed E-state index contributed by atoms with van der Waals surface area (Å²) in [6.07, 6.45) is 0.990. The number of rotatable bonds is 0. The summed E-state index contributed by atoms with van der Waals surface area (Å²) >= 11 is 0. The molecule has 0 atom stereocenters. The van der Waals surface area contributed by atoms with Crippen LogP contribution in [0.4, 0.5) is 0 Å². The summed E-state index contributed by atoms with van der Waals surface area (Å²) in [5, 5.41) is 0. The van der Waals surface area contributed by atoms with E-state index < -0.39 is 0 Å². The van der Waals surface area contributed by atoms with Crippen LogP contribution in [0.25, 0.3) is 0 Å². The average molecular weight is 210 g/mol. The van der Waals surface area contributed by atoms with Gasteiger partial charge in [-0.3, -0.25) is 0 Å². The Morgan fingerprint density at radius 3 is 1.81 bits per heavy atom. The largest absolute Gasteiger partial charge is 0.457 e. The number of fused-ring (bicyclic) bond motifs is 2. The van der Waals surface area contributed by atoms with Crippen molar-refractivity contribution in [2.45, 2.75) is 20.3 Å². The van der Waals surface area contributed by atoms with Gasteiger partial charge in [0.15, 0.2) is 0 Å². The van der Waals surface area contributed by atoms with Crippen LogP contribution < -0.4 is 4.74 Å². The lowest BCUT2D eigenvalue weighted by Gasteiger charge is -2.22. The summed E-state index contributed by atoms with van der Waals surface area (Å²) in [6.45, 7) is 4.29. The van der Waals surface area contributed by atoms with Gasteiger partial charge < -0.3 is 4.74 Å². The van der Waals surface area contributed by atoms with Gasteiger partial charge in [0.05, 0.1) is 0 Å². The van der Waals surface area contributed by atoms with Gasteiger partial charge in [0.2, 0.25) is 0 Å². The molecule has 0 aromatic heterocycles. The first-order valence-corrected chi connectivity index (χ1v) is 5.60. The normalized spacial score (nSPS) is 12.6. The fourth-order valence-electron chi connectivity index (χ4n) is 2.29. The molecule has 0 bridgehead atoms. The van der Waals surface area contributed by atoms with E-state index in [9.17, 15) is 0 Å². The molecule has 0 fully saturated rings. The van der Waals surface area contributed by atoms with Crippen LogP contribution in [0.3, 0.4) is 0 Å². The zero-order valence-electron chi connectivity index (χ0n) is 9.58. The molecule has 1 nitrogen and oxygen atoms in total. The molecule has 0 amide bonds. The van der Waals surface area contributed by atoms with E-state index in [-0.39, 0.29) is 0 Å². The molecule has 80 valence electrons. The quantitative estimate of drug-likeness (QED) is 0.545. The topological polar surface area (TPSA) is 9.23 Å². The molecule has 0 saturated carbocycles. The van der Waals surface area contributed by atoms with E-state index in [1.54, 1.807) is 0 Å². The maximum Gasteiger partial charge on any atom is 0.131 e. The van der Waals surface area contributed by atoms with Crippen molar-refractivity contribution in [2.24, 2.45) is 0 Å². The van der Waals surface area contributed by atoms with Crippen molar-refractivity contribution in [3.05, 3.63) is 58.7 Å². The Morgan fingerprint density at radius 1 is 0.812 bits per heavy atom. The lowest BCUT2D eigenvalue weighted by atomic mass is 9.94. The van der Waals surface area contributed by atoms with Crippen LogP contribution in [0.1, 0.15) is 22.3 Å². The van der Waals surface area contributed by atoms with Crippen molar-refractivity contribution in [3.8, 4) is 11.5 Å². The van der Waals surface area contributed by atoms with Crippen LogP contribution >= 0.6 is 0 Å². The fraction of sp³-hybridized carbons (Fsp3) is 0.200. The Labute approximate surface area is 95.7 Å². The highest BCUT2D eigenvalue weighted by Crippen LogP contribution is 2.38. The molecule has 1 heterocycles. The van der Waals surface area contributed by atoms with Crippen molar-refractivity contribution in [3.63, 3.8) is 0 Å². The van der Waals surface area contributed by atoms with E-state index in [4.69, 9.17) is 4.74 Å². The summed E-state index contributed by atoms with van der Waals surface area (Å²) in [7, 11) is 0. The zero-order valence-corrected chi connectivity index (χ0v) is 9.58. The molecule has 2 aromatic carbocycles. The van der Waals surface area contributed by atoms with E-state index in [1.807, 2.05) is 12.1 Å². The molecule has 1 aliphatic heterocycles. The first kappa shape index (κ1) is 9.46. The molecular formula is C15H14O. The second-order valence-corrected chi connectivity index (χ2v) is 4.38. The predicted octanol–water partition coefficient (Wildman–Crippen LogP) is 4.00. The Balaban J connectivity index is 2.17. The summed E-state index contributed by atoms with van der Waals surface area (Å²) < 4.78 is 5.94. The van der Waals surface area contributed by atoms with Gasteiger partial charge in [-0.05, 0) is 37.1 Å². The Morgan fingerprint density at radius 2 is 1.31 bits per heavy atom. The van der Waals surface area contributed by atoms with Gasteiger partial charge in [-0.1, -0.05) is 24.3 Å². The third kappa shape index (κ3) is 1.32. The van der Waals surface area contributed by atoms with Crippen molar-refractivity contribution < 1.29 is 4.74 Å². The predicted molar refractivity (Wildman–Crippen MR) is 65.2 cm³/mol. The smallest absolute Gasteiger partial charge is 0.131 e. The SMILES string of the molecule is Cc1cccc2c1Cc1c(C)cccc1O2. The van der Waals surface area contributed by atoms with Crippen LogP contribution in [0.15, 0.2) is 36.4 Å². The van der Waals surface area contributed by atoms with Gasteiger partial charge in [0.25, 0.3) is 0 Å². The van der Waals surface area contributed by atoms with Crippen molar-refractivity contribution in [2.75, 3.05) is 0 Å². The second kappa shape index (κ2) is 3.38. The minimum absolute atomic E-state index is 0.990. The first-order valence-electron chi connectivity index (χ1n) is 5.60. The van der Waals surface area contributed by atoms with Crippen molar-refractivity contribution >= 4 is 0 Å². The van der Waals surface area contributed by atoms with Crippen molar-refractivity contribution in [1.82, 2.24) is 0 Å². The third-order valence-electron chi connectivity index (χ3n) is 3.31. The van der Waals surface area contributed by atoms with Crippen molar-refractivity contribution in [1.29, 1.82) is 0 Å². The van der Waals surface area contributed by atoms with Crippen LogP contribution in [0, 0.1) is 13.8 Å². The third-order valence-corrected chi connectivity index (χ3v) is 3.31. The number of ether oxygens (including phenoxy) is 1. The standard InChI is InChI=1S/C15H14O/c1-10-5-3-7-14-12(10)9-13-11(2)6-4-8-15(13)16-14/h3-8H,9H2,1-2H3. The molecule has 0 unspecified atom stereocenters. The van der Waals surface area contributed by atoms with Crippen LogP contribution in [0.5, 0.6) is 11.5 Å². The minimum Gasteiger partial charge on any atom is -0.457 e. The molecular weight excluding hydrogens is 196 g/mol. The molecule has 0 N–H and O–H groups in total. The molecule has 1 heteroatoms. The molecule has 0 saturated heterocycles. The molecule has 0 spiro atoms. The first-order chi connectivity index (χ1) is 7.75. The molecule has 0 aliphatic carbocycles. The Kier molecular flexibility index (Phi) is 2.00. The monoisotopic (exact) mass is 210 g/mol. The second-order valence-electron chi connectivity index (χ2n) is 4.38. The van der Waals surface area contributed by atoms with Crippen LogP contribution in [-0.4, -0.2) is 0 Å². The molecule has 2 aromatic rings. The minimum atomic E-state index is 0.990. The Bertz CT molecular complexity index is 506. The van der Waals surface area contributed by atoms with Gasteiger partial charge in [0, 0.05) is 17.5 Å². The highest BCUT2D eigenvalue weighted by Gasteiger charge is 2.19. The summed E-state index contributed by atoms with van der Waals surface area (Å²) in [6, 6.07) is 12.5. The number of hydrogen-bond acceptors (Lipinski definition) is 1. The van der Waals surface area contributed by atoms with Gasteiger partial charge in [-0.15, -0.1) is 0 Å². The van der Waals surface area contributed by atoms with Gasteiger partial charge in [-0.2, -0.15) is 0 Å². The molecule has 1 aliphatic rings. The van der Waals surface area contributed by atoms with Gasteiger partial charge in [-0.25, -0.2) is 0 Å². The highest BCUT2D eigenvalue weighted by molar-refractivity contribution is 5.54. The van der Waals surface area contributed by atoms with Crippen LogP contribution in [-0.2, 0) is 6.42 Å². The van der Waals surface area contributed by atoms with Crippen LogP contribution in [0.2, 0.25) is 0 Å². The van der Waals surface area contributed by atoms with Gasteiger partial charge >= 0.3 is 0 Å². The number of benzene rings is 2. The van der Waals surface area contributed by atoms with Gasteiger partial charge in [0.1, 0.15) is 11.5 Å². The van der Waals surface area contributed by atoms with E-state index in [0.717, 1.165) is 17.9 Å². The number of hydrogen-bond donors (Lipinski definition) is 0. The summed E-state index contributed by atoms with van der Waals surface area (Å²) in [4.78, 5) is 0. The number of aryl methyl sites for hydroxylation is 2. The fourth-order valence-corrected chi connectivity index (χ4v) is 2.29. The maximum absolute atomic E-state index is 5.94. The lowest BCUT2D eigenvalue weighted by molar-refractivity contribution is 0.458. The molecule has 16 heavy (non-hydrogen) atoms.